The SMILES string of the molecule is [C-]#[N+]c1ccc(-c2nc3ccccc3c3c2ccc2ccc4ncccc4c23)c2ccccc12.c1ccc(-c2ccc(-c3nc4ccccc4c4c3ccc3ncc5ccccc5c34)c3ccccc23)cc1.c1cncc(-c2ccc(-c3nc4ccccc4c4c3ccc3ncc5ccccc5c34)c3ccccc23)c1. The van der Waals surface area contributed by atoms with E-state index in [1.54, 1.807) is 0 Å². The molecule has 23 rings (SSSR count). The molecule has 0 N–H and O–H groups in total. The average molecular weight is 1400 g/mol. The second-order valence-electron chi connectivity index (χ2n) is 27.9. The molecule has 8 nitrogen and oxygen atoms in total. The second kappa shape index (κ2) is 26.2. The molecule has 16 aromatic carbocycles. The molecular formula is C102H60N8. The Bertz CT molecular complexity index is 7490. The summed E-state index contributed by atoms with van der Waals surface area (Å²) in [6.45, 7) is 7.61. The summed E-state index contributed by atoms with van der Waals surface area (Å²) in [5.74, 6) is 0. The Morgan fingerprint density at radius 2 is 0.564 bits per heavy atom. The molecule has 0 saturated heterocycles. The molecule has 0 amide bonds. The van der Waals surface area contributed by atoms with Crippen molar-refractivity contribution >= 4 is 168 Å². The highest BCUT2D eigenvalue weighted by molar-refractivity contribution is 6.32. The average Bonchev–Trinajstić information content (AvgIpc) is 0.732. The summed E-state index contributed by atoms with van der Waals surface area (Å²) < 4.78 is 0. The van der Waals surface area contributed by atoms with Crippen molar-refractivity contribution in [3.05, 3.63) is 376 Å². The van der Waals surface area contributed by atoms with Gasteiger partial charge in [0.1, 0.15) is 0 Å². The number of nitrogens with zero attached hydrogens (tertiary/aromatic N) is 8. The lowest BCUT2D eigenvalue weighted by molar-refractivity contribution is 1.33. The molecule has 0 aliphatic carbocycles. The van der Waals surface area contributed by atoms with Crippen LogP contribution in [0.15, 0.2) is 365 Å². The van der Waals surface area contributed by atoms with E-state index in [0.29, 0.717) is 5.69 Å². The largest absolute Gasteiger partial charge is 0.264 e. The van der Waals surface area contributed by atoms with Crippen LogP contribution in [0.5, 0.6) is 0 Å². The molecule has 0 atom stereocenters. The highest BCUT2D eigenvalue weighted by atomic mass is 14.7. The van der Waals surface area contributed by atoms with E-state index >= 15 is 0 Å². The molecule has 7 heterocycles. The predicted octanol–water partition coefficient (Wildman–Crippen LogP) is 27.0. The Balaban J connectivity index is 0.000000105. The molecule has 8 heteroatoms. The number of para-hydroxylation sites is 3. The molecule has 0 bridgehead atoms. The molecule has 0 unspecified atom stereocenters. The van der Waals surface area contributed by atoms with Crippen LogP contribution in [0.4, 0.5) is 5.69 Å². The third kappa shape index (κ3) is 10.4. The number of hydrogen-bond donors (Lipinski definition) is 0. The molecule has 0 aliphatic rings. The minimum atomic E-state index is 0.659. The molecule has 7 aromatic heterocycles. The van der Waals surface area contributed by atoms with E-state index < -0.39 is 0 Å². The van der Waals surface area contributed by atoms with Gasteiger partial charge in [-0.05, 0) is 131 Å². The fourth-order valence-electron chi connectivity index (χ4n) is 17.1. The van der Waals surface area contributed by atoms with E-state index in [9.17, 15) is 0 Å². The number of hydrogen-bond acceptors (Lipinski definition) is 7. The van der Waals surface area contributed by atoms with Crippen molar-refractivity contribution in [1.29, 1.82) is 0 Å². The van der Waals surface area contributed by atoms with Gasteiger partial charge in [-0.2, -0.15) is 0 Å². The van der Waals surface area contributed by atoms with Crippen molar-refractivity contribution in [1.82, 2.24) is 34.9 Å². The zero-order valence-corrected chi connectivity index (χ0v) is 59.2. The van der Waals surface area contributed by atoms with Crippen LogP contribution in [0.1, 0.15) is 0 Å². The maximum Gasteiger partial charge on any atom is 0.194 e. The first-order chi connectivity index (χ1) is 54.6. The standard InChI is InChI=1S/C36H22N2.C35H21N3.C31H17N3/c1-2-10-23(11-3-1)25-18-19-29(28-15-7-6-14-27(25)28)36-31-20-21-33-35(26-13-5-4-12-24(26)22-37-33)34(31)30-16-8-9-17-32(30)38-36;1-2-10-25-23(8-1)21-37-32-18-17-30-33(34(25)32)29-13-5-6-14-31(29)38-35(30)28-16-15-24(22-9-7-19-36-20-22)26-11-3-4-12-27(26)28;1-32-26-17-15-22(20-7-2-3-8-21(20)26)31-25-14-12-19-13-16-27-23(10-6-18-33-27)29(19)30(25)24-9-4-5-11-28(24)34-31/h1-22H;1-21H;2-18H. The van der Waals surface area contributed by atoms with Gasteiger partial charge in [-0.15, -0.1) is 0 Å². The fourth-order valence-corrected chi connectivity index (χ4v) is 17.1. The normalized spacial score (nSPS) is 11.6. The summed E-state index contributed by atoms with van der Waals surface area (Å²) in [5, 5.41) is 27.8. The Kier molecular flexibility index (Phi) is 15.1. The van der Waals surface area contributed by atoms with Gasteiger partial charge in [0.15, 0.2) is 5.69 Å². The van der Waals surface area contributed by atoms with E-state index in [-0.39, 0.29) is 0 Å². The Morgan fingerprint density at radius 3 is 1.07 bits per heavy atom. The Morgan fingerprint density at radius 1 is 0.200 bits per heavy atom. The van der Waals surface area contributed by atoms with Crippen LogP contribution in [0.25, 0.3) is 223 Å². The van der Waals surface area contributed by atoms with Gasteiger partial charge in [0, 0.05) is 129 Å². The van der Waals surface area contributed by atoms with Crippen molar-refractivity contribution < 1.29 is 0 Å². The monoisotopic (exact) mass is 1400 g/mol. The number of benzene rings is 16. The molecule has 110 heavy (non-hydrogen) atoms. The van der Waals surface area contributed by atoms with E-state index in [2.05, 4.69) is 300 Å². The van der Waals surface area contributed by atoms with Crippen LogP contribution >= 0.6 is 0 Å². The third-order valence-corrected chi connectivity index (χ3v) is 22.0. The van der Waals surface area contributed by atoms with E-state index in [1.165, 1.54) is 86.7 Å². The zero-order valence-electron chi connectivity index (χ0n) is 59.2. The first-order valence-electron chi connectivity index (χ1n) is 36.9. The highest BCUT2D eigenvalue weighted by Crippen LogP contribution is 2.47. The van der Waals surface area contributed by atoms with Gasteiger partial charge < -0.3 is 0 Å². The highest BCUT2D eigenvalue weighted by Gasteiger charge is 2.23. The number of aromatic nitrogens is 7. The van der Waals surface area contributed by atoms with Gasteiger partial charge >= 0.3 is 0 Å². The van der Waals surface area contributed by atoms with Crippen molar-refractivity contribution in [2.24, 2.45) is 0 Å². The maximum atomic E-state index is 7.61. The van der Waals surface area contributed by atoms with E-state index in [1.807, 2.05) is 79.5 Å². The number of pyridine rings is 7. The van der Waals surface area contributed by atoms with Gasteiger partial charge in [-0.3, -0.25) is 19.9 Å². The fraction of sp³-hybridized carbons (Fsp3) is 0. The molecule has 0 spiro atoms. The van der Waals surface area contributed by atoms with Gasteiger partial charge in [0.05, 0.1) is 56.8 Å². The van der Waals surface area contributed by atoms with E-state index in [4.69, 9.17) is 31.5 Å². The molecule has 0 fully saturated rings. The molecule has 0 radical (unpaired) electrons. The van der Waals surface area contributed by atoms with Crippen molar-refractivity contribution in [2.75, 3.05) is 0 Å². The lowest BCUT2D eigenvalue weighted by Crippen LogP contribution is -1.94. The summed E-state index contributed by atoms with van der Waals surface area (Å²) in [4.78, 5) is 38.1. The van der Waals surface area contributed by atoms with Crippen molar-refractivity contribution in [2.45, 2.75) is 0 Å². The quantitative estimate of drug-likeness (QED) is 0.125. The number of fused-ring (bicyclic) bond motifs is 24. The summed E-state index contributed by atoms with van der Waals surface area (Å²) in [6.07, 6.45) is 9.53. The lowest BCUT2D eigenvalue weighted by Gasteiger charge is -2.16. The van der Waals surface area contributed by atoms with Crippen LogP contribution in [-0.4, -0.2) is 34.9 Å². The third-order valence-electron chi connectivity index (χ3n) is 22.0. The summed E-state index contributed by atoms with van der Waals surface area (Å²) in [5.41, 5.74) is 17.5. The molecule has 23 aromatic rings. The second-order valence-corrected chi connectivity index (χ2v) is 27.9. The smallest absolute Gasteiger partial charge is 0.194 e. The van der Waals surface area contributed by atoms with Crippen LogP contribution in [0, 0.1) is 6.57 Å². The van der Waals surface area contributed by atoms with Gasteiger partial charge in [-0.25, -0.2) is 19.8 Å². The number of rotatable bonds is 5. The Hall–Kier alpha value is -15.0. The van der Waals surface area contributed by atoms with Crippen molar-refractivity contribution in [3.63, 3.8) is 0 Å². The van der Waals surface area contributed by atoms with Crippen LogP contribution in [-0.2, 0) is 0 Å². The van der Waals surface area contributed by atoms with Crippen molar-refractivity contribution in [3.8, 4) is 56.0 Å². The minimum Gasteiger partial charge on any atom is -0.264 e. The minimum absolute atomic E-state index is 0.659. The predicted molar refractivity (Wildman–Crippen MR) is 460 cm³/mol. The summed E-state index contributed by atoms with van der Waals surface area (Å²) in [6, 6.07) is 117. The molecule has 508 valence electrons. The molecular weight excluding hydrogens is 1340 g/mol. The van der Waals surface area contributed by atoms with Crippen LogP contribution in [0.2, 0.25) is 0 Å². The molecule has 0 saturated carbocycles. The van der Waals surface area contributed by atoms with Gasteiger partial charge in [0.2, 0.25) is 0 Å². The van der Waals surface area contributed by atoms with Gasteiger partial charge in [-0.1, -0.05) is 273 Å². The lowest BCUT2D eigenvalue weighted by atomic mass is 9.90. The first-order valence-corrected chi connectivity index (χ1v) is 36.9. The summed E-state index contributed by atoms with van der Waals surface area (Å²) >= 11 is 0. The first kappa shape index (κ1) is 63.4. The maximum absolute atomic E-state index is 7.61. The Labute approximate surface area is 631 Å². The van der Waals surface area contributed by atoms with E-state index in [0.717, 1.165) is 132 Å². The zero-order chi connectivity index (χ0) is 72.8. The molecule has 0 aliphatic heterocycles. The topological polar surface area (TPSA) is 94.6 Å². The van der Waals surface area contributed by atoms with Gasteiger partial charge in [0.25, 0.3) is 0 Å². The van der Waals surface area contributed by atoms with Crippen LogP contribution in [0.3, 0.4) is 0 Å². The van der Waals surface area contributed by atoms with Crippen LogP contribution < -0.4 is 0 Å². The summed E-state index contributed by atoms with van der Waals surface area (Å²) in [7, 11) is 0.